The third-order valence-electron chi connectivity index (χ3n) is 3.94. The summed E-state index contributed by atoms with van der Waals surface area (Å²) in [6, 6.07) is 0.714. The van der Waals surface area contributed by atoms with Crippen LogP contribution >= 0.6 is 0 Å². The second kappa shape index (κ2) is 5.14. The summed E-state index contributed by atoms with van der Waals surface area (Å²) < 4.78 is 0. The number of carbonyl (C=O) groups excluding carboxylic acids is 1. The van der Waals surface area contributed by atoms with Crippen molar-refractivity contribution in [3.63, 3.8) is 0 Å². The predicted octanol–water partition coefficient (Wildman–Crippen LogP) is 0.114. The molecule has 6 nitrogen and oxygen atoms in total. The van der Waals surface area contributed by atoms with E-state index in [1.54, 1.807) is 0 Å². The zero-order chi connectivity index (χ0) is 13.2. The minimum Gasteiger partial charge on any atom is -0.409 e. The van der Waals surface area contributed by atoms with E-state index in [0.717, 1.165) is 13.1 Å². The van der Waals surface area contributed by atoms with Crippen molar-refractivity contribution in [2.45, 2.75) is 38.6 Å². The lowest BCUT2D eigenvalue weighted by Crippen LogP contribution is -2.43. The number of amides is 1. The quantitative estimate of drug-likeness (QED) is 0.260. The van der Waals surface area contributed by atoms with Crippen molar-refractivity contribution >= 4 is 11.7 Å². The first-order chi connectivity index (χ1) is 8.64. The number of nitrogens with two attached hydrogens (primary N) is 1. The van der Waals surface area contributed by atoms with Gasteiger partial charge in [0.25, 0.3) is 0 Å². The van der Waals surface area contributed by atoms with E-state index in [4.69, 9.17) is 10.9 Å². The molecule has 1 amide bonds. The molecule has 0 aromatic carbocycles. The fraction of sp³-hybridized carbons (Fsp3) is 0.833. The summed E-state index contributed by atoms with van der Waals surface area (Å²) in [6.45, 7) is 4.66. The maximum Gasteiger partial charge on any atom is 0.234 e. The molecule has 2 aliphatic carbocycles. The molecule has 0 aliphatic heterocycles. The minimum absolute atomic E-state index is 0.0366. The highest BCUT2D eigenvalue weighted by Gasteiger charge is 2.54. The SMILES string of the molecule is CCN(CCNC(=O)C1(C(N)=NO)CC1)C1CC1. The monoisotopic (exact) mass is 254 g/mol. The van der Waals surface area contributed by atoms with E-state index in [1.807, 2.05) is 0 Å². The molecule has 2 aliphatic rings. The number of rotatable bonds is 7. The van der Waals surface area contributed by atoms with Gasteiger partial charge < -0.3 is 16.3 Å². The molecule has 2 saturated carbocycles. The summed E-state index contributed by atoms with van der Waals surface area (Å²) in [5, 5.41) is 14.5. The Hall–Kier alpha value is -1.30. The van der Waals surface area contributed by atoms with Crippen LogP contribution in [0, 0.1) is 5.41 Å². The fourth-order valence-electron chi connectivity index (χ4n) is 2.34. The van der Waals surface area contributed by atoms with Gasteiger partial charge in [-0.1, -0.05) is 12.1 Å². The Balaban J connectivity index is 1.75. The summed E-state index contributed by atoms with van der Waals surface area (Å²) in [5.74, 6) is -0.0702. The van der Waals surface area contributed by atoms with Crippen molar-refractivity contribution in [1.82, 2.24) is 10.2 Å². The minimum atomic E-state index is -0.731. The van der Waals surface area contributed by atoms with Crippen molar-refractivity contribution in [2.75, 3.05) is 19.6 Å². The molecular weight excluding hydrogens is 232 g/mol. The van der Waals surface area contributed by atoms with Crippen LogP contribution in [0.3, 0.4) is 0 Å². The molecule has 2 rings (SSSR count). The molecule has 18 heavy (non-hydrogen) atoms. The first-order valence-corrected chi connectivity index (χ1v) is 6.64. The second-order valence-corrected chi connectivity index (χ2v) is 5.18. The number of hydrogen-bond acceptors (Lipinski definition) is 4. The number of hydrogen-bond donors (Lipinski definition) is 3. The van der Waals surface area contributed by atoms with Crippen molar-refractivity contribution in [3.05, 3.63) is 0 Å². The number of carbonyl (C=O) groups is 1. The highest BCUT2D eigenvalue weighted by atomic mass is 16.4. The molecule has 102 valence electrons. The average Bonchev–Trinajstić information content (AvgIpc) is 3.25. The number of likely N-dealkylation sites (N-methyl/N-ethyl adjacent to an activating group) is 1. The first kappa shape index (κ1) is 13.1. The van der Waals surface area contributed by atoms with Crippen molar-refractivity contribution in [3.8, 4) is 0 Å². The lowest BCUT2D eigenvalue weighted by Gasteiger charge is -2.21. The summed E-state index contributed by atoms with van der Waals surface area (Å²) in [4.78, 5) is 14.4. The van der Waals surface area contributed by atoms with Crippen LogP contribution in [0.5, 0.6) is 0 Å². The average molecular weight is 254 g/mol. The van der Waals surface area contributed by atoms with Crippen molar-refractivity contribution in [1.29, 1.82) is 0 Å². The van der Waals surface area contributed by atoms with Gasteiger partial charge in [-0.15, -0.1) is 0 Å². The highest BCUT2D eigenvalue weighted by molar-refractivity contribution is 6.09. The molecule has 0 heterocycles. The lowest BCUT2D eigenvalue weighted by atomic mass is 10.1. The zero-order valence-electron chi connectivity index (χ0n) is 10.9. The van der Waals surface area contributed by atoms with E-state index in [0.29, 0.717) is 25.4 Å². The molecule has 2 fully saturated rings. The van der Waals surface area contributed by atoms with Gasteiger partial charge in [0.1, 0.15) is 5.41 Å². The molecular formula is C12H22N4O2. The molecule has 0 spiro atoms. The molecule has 0 aromatic heterocycles. The molecule has 0 bridgehead atoms. The molecule has 0 aromatic rings. The highest BCUT2D eigenvalue weighted by Crippen LogP contribution is 2.45. The number of amidine groups is 1. The Morgan fingerprint density at radius 1 is 1.56 bits per heavy atom. The van der Waals surface area contributed by atoms with Gasteiger partial charge in [-0.2, -0.15) is 0 Å². The molecule has 6 heteroatoms. The molecule has 0 saturated heterocycles. The number of nitrogens with one attached hydrogen (secondary N) is 1. The Kier molecular flexibility index (Phi) is 3.75. The van der Waals surface area contributed by atoms with Crippen LogP contribution in [-0.2, 0) is 4.79 Å². The Morgan fingerprint density at radius 2 is 2.22 bits per heavy atom. The first-order valence-electron chi connectivity index (χ1n) is 6.64. The lowest BCUT2D eigenvalue weighted by molar-refractivity contribution is -0.124. The molecule has 0 unspecified atom stereocenters. The molecule has 0 radical (unpaired) electrons. The van der Waals surface area contributed by atoms with Crippen LogP contribution in [0.1, 0.15) is 32.6 Å². The Bertz CT molecular complexity index is 348. The van der Waals surface area contributed by atoms with Crippen LogP contribution in [0.4, 0.5) is 0 Å². The Morgan fingerprint density at radius 3 is 2.67 bits per heavy atom. The van der Waals surface area contributed by atoms with E-state index in [2.05, 4.69) is 22.3 Å². The second-order valence-electron chi connectivity index (χ2n) is 5.18. The Labute approximate surface area is 107 Å². The maximum absolute atomic E-state index is 12.0. The van der Waals surface area contributed by atoms with Gasteiger partial charge >= 0.3 is 0 Å². The van der Waals surface area contributed by atoms with Crippen LogP contribution < -0.4 is 11.1 Å². The predicted molar refractivity (Wildman–Crippen MR) is 68.4 cm³/mol. The van der Waals surface area contributed by atoms with E-state index in [-0.39, 0.29) is 11.7 Å². The third kappa shape index (κ3) is 2.58. The maximum atomic E-state index is 12.0. The van der Waals surface area contributed by atoms with Crippen molar-refractivity contribution in [2.24, 2.45) is 16.3 Å². The topological polar surface area (TPSA) is 91.0 Å². The van der Waals surface area contributed by atoms with Crippen molar-refractivity contribution < 1.29 is 10.0 Å². The fourth-order valence-corrected chi connectivity index (χ4v) is 2.34. The largest absolute Gasteiger partial charge is 0.409 e. The smallest absolute Gasteiger partial charge is 0.234 e. The number of oxime groups is 1. The van der Waals surface area contributed by atoms with Crippen LogP contribution in [0.25, 0.3) is 0 Å². The van der Waals surface area contributed by atoms with Gasteiger partial charge in [0.15, 0.2) is 5.84 Å². The number of nitrogens with zero attached hydrogens (tertiary/aromatic N) is 2. The van der Waals surface area contributed by atoms with E-state index >= 15 is 0 Å². The van der Waals surface area contributed by atoms with Crippen LogP contribution in [0.15, 0.2) is 5.16 Å². The van der Waals surface area contributed by atoms with E-state index in [1.165, 1.54) is 12.8 Å². The van der Waals surface area contributed by atoms with Crippen LogP contribution in [-0.4, -0.2) is 47.5 Å². The van der Waals surface area contributed by atoms with Gasteiger partial charge in [-0.05, 0) is 32.2 Å². The summed E-state index contributed by atoms with van der Waals surface area (Å²) in [6.07, 6.45) is 3.90. The molecule has 4 N–H and O–H groups in total. The third-order valence-corrected chi connectivity index (χ3v) is 3.94. The van der Waals surface area contributed by atoms with Gasteiger partial charge in [0.2, 0.25) is 5.91 Å². The van der Waals surface area contributed by atoms with Gasteiger partial charge in [0.05, 0.1) is 0 Å². The van der Waals surface area contributed by atoms with E-state index < -0.39 is 5.41 Å². The van der Waals surface area contributed by atoms with Gasteiger partial charge in [-0.25, -0.2) is 0 Å². The van der Waals surface area contributed by atoms with E-state index in [9.17, 15) is 4.79 Å². The summed E-state index contributed by atoms with van der Waals surface area (Å²) >= 11 is 0. The zero-order valence-corrected chi connectivity index (χ0v) is 10.9. The standard InChI is InChI=1S/C12H22N4O2/c1-2-16(9-3-4-9)8-7-14-11(17)12(5-6-12)10(13)15-18/h9,18H,2-8H2,1H3,(H2,13,15)(H,14,17). The summed E-state index contributed by atoms with van der Waals surface area (Å²) in [7, 11) is 0. The summed E-state index contributed by atoms with van der Waals surface area (Å²) in [5.41, 5.74) is 4.83. The van der Waals surface area contributed by atoms with Crippen LogP contribution in [0.2, 0.25) is 0 Å². The molecule has 0 atom stereocenters. The van der Waals surface area contributed by atoms with Gasteiger partial charge in [-0.3, -0.25) is 9.69 Å². The normalized spacial score (nSPS) is 22.0. The van der Waals surface area contributed by atoms with Gasteiger partial charge in [0, 0.05) is 19.1 Å².